The quantitative estimate of drug-likeness (QED) is 0.763. The monoisotopic (exact) mass is 351 g/mol. The van der Waals surface area contributed by atoms with Gasteiger partial charge in [-0.05, 0) is 17.7 Å². The smallest absolute Gasteiger partial charge is 0.416 e. The maximum Gasteiger partial charge on any atom is 0.416 e. The Labute approximate surface area is 142 Å². The molecule has 0 unspecified atom stereocenters. The molecule has 4 nitrogen and oxygen atoms in total. The van der Waals surface area contributed by atoms with E-state index in [4.69, 9.17) is 4.74 Å². The molecule has 2 aromatic rings. The van der Waals surface area contributed by atoms with E-state index >= 15 is 0 Å². The number of rotatable bonds is 2. The maximum atomic E-state index is 12.7. The molecule has 0 aliphatic carbocycles. The average molecular weight is 351 g/mol. The van der Waals surface area contributed by atoms with Crippen LogP contribution < -0.4 is 0 Å². The van der Waals surface area contributed by atoms with Gasteiger partial charge >= 0.3 is 12.1 Å². The molecule has 1 aromatic carbocycles. The Morgan fingerprint density at radius 1 is 1.20 bits per heavy atom. The topological polar surface area (TPSA) is 48.3 Å². The number of esters is 1. The molecule has 132 valence electrons. The fourth-order valence-corrected chi connectivity index (χ4v) is 3.11. The standard InChI is InChI=1S/C18H16F3NO3/c1-17(2)8-13-14(15(23)25-3)12(9-22(13)16(17)24)10-4-6-11(7-5-10)18(19,20)21/h4-7,9H,8H2,1-3H3. The number of hydrogen-bond donors (Lipinski definition) is 0. The average Bonchev–Trinajstić information content (AvgIpc) is 3.00. The molecule has 1 aliphatic heterocycles. The largest absolute Gasteiger partial charge is 0.465 e. The van der Waals surface area contributed by atoms with E-state index in [2.05, 4.69) is 0 Å². The van der Waals surface area contributed by atoms with Crippen molar-refractivity contribution >= 4 is 11.9 Å². The summed E-state index contributed by atoms with van der Waals surface area (Å²) in [4.78, 5) is 24.7. The van der Waals surface area contributed by atoms with Crippen LogP contribution in [0.1, 0.15) is 40.3 Å². The van der Waals surface area contributed by atoms with Crippen molar-refractivity contribution in [2.75, 3.05) is 7.11 Å². The molecule has 0 amide bonds. The SMILES string of the molecule is COC(=O)c1c(-c2ccc(C(F)(F)F)cc2)cn2c1CC(C)(C)C2=O. The molecule has 1 aliphatic rings. The van der Waals surface area contributed by atoms with Gasteiger partial charge in [0.25, 0.3) is 0 Å². The molecule has 0 saturated carbocycles. The van der Waals surface area contributed by atoms with E-state index in [1.165, 1.54) is 30.0 Å². The Hall–Kier alpha value is -2.57. The summed E-state index contributed by atoms with van der Waals surface area (Å²) < 4.78 is 44.4. The molecule has 0 radical (unpaired) electrons. The summed E-state index contributed by atoms with van der Waals surface area (Å²) in [6, 6.07) is 4.47. The van der Waals surface area contributed by atoms with Crippen LogP contribution in [0.3, 0.4) is 0 Å². The van der Waals surface area contributed by atoms with Crippen LogP contribution in [0.4, 0.5) is 13.2 Å². The minimum atomic E-state index is -4.44. The van der Waals surface area contributed by atoms with Crippen LogP contribution in [-0.4, -0.2) is 23.6 Å². The van der Waals surface area contributed by atoms with Crippen molar-refractivity contribution in [2.24, 2.45) is 5.41 Å². The van der Waals surface area contributed by atoms with Gasteiger partial charge in [-0.3, -0.25) is 9.36 Å². The molecular weight excluding hydrogens is 335 g/mol. The van der Waals surface area contributed by atoms with Crippen molar-refractivity contribution < 1.29 is 27.5 Å². The van der Waals surface area contributed by atoms with Crippen LogP contribution in [0.5, 0.6) is 0 Å². The first-order valence-corrected chi connectivity index (χ1v) is 7.61. The highest BCUT2D eigenvalue weighted by molar-refractivity contribution is 6.02. The zero-order valence-electron chi connectivity index (χ0n) is 13.9. The summed E-state index contributed by atoms with van der Waals surface area (Å²) in [5.41, 5.74) is 0.134. The number of hydrogen-bond acceptors (Lipinski definition) is 3. The summed E-state index contributed by atoms with van der Waals surface area (Å²) in [6.07, 6.45) is -2.58. The summed E-state index contributed by atoms with van der Waals surface area (Å²) in [5.74, 6) is -0.778. The van der Waals surface area contributed by atoms with Crippen LogP contribution in [0.15, 0.2) is 30.5 Å². The molecule has 1 aromatic heterocycles. The Bertz CT molecular complexity index is 861. The Kier molecular flexibility index (Phi) is 3.78. The van der Waals surface area contributed by atoms with E-state index in [0.717, 1.165) is 12.1 Å². The fraction of sp³-hybridized carbons (Fsp3) is 0.333. The van der Waals surface area contributed by atoms with Crippen molar-refractivity contribution in [1.29, 1.82) is 0 Å². The zero-order valence-corrected chi connectivity index (χ0v) is 13.9. The second kappa shape index (κ2) is 5.47. The predicted molar refractivity (Wildman–Crippen MR) is 84.3 cm³/mol. The van der Waals surface area contributed by atoms with Gasteiger partial charge in [0.15, 0.2) is 0 Å². The lowest BCUT2D eigenvalue weighted by atomic mass is 9.88. The molecular formula is C18H16F3NO3. The van der Waals surface area contributed by atoms with Gasteiger partial charge in [0, 0.05) is 29.3 Å². The van der Waals surface area contributed by atoms with E-state index in [0.29, 0.717) is 23.2 Å². The van der Waals surface area contributed by atoms with E-state index in [1.54, 1.807) is 13.8 Å². The molecule has 2 heterocycles. The highest BCUT2D eigenvalue weighted by Crippen LogP contribution is 2.40. The number of aromatic nitrogens is 1. The molecule has 3 rings (SSSR count). The third-order valence-electron chi connectivity index (χ3n) is 4.43. The van der Waals surface area contributed by atoms with E-state index < -0.39 is 23.1 Å². The van der Waals surface area contributed by atoms with Gasteiger partial charge in [-0.15, -0.1) is 0 Å². The molecule has 0 atom stereocenters. The van der Waals surface area contributed by atoms with Gasteiger partial charge < -0.3 is 4.74 Å². The number of nitrogens with zero attached hydrogens (tertiary/aromatic N) is 1. The van der Waals surface area contributed by atoms with Crippen molar-refractivity contribution in [3.8, 4) is 11.1 Å². The number of ether oxygens (including phenoxy) is 1. The van der Waals surface area contributed by atoms with Crippen LogP contribution in [-0.2, 0) is 17.3 Å². The number of methoxy groups -OCH3 is 1. The van der Waals surface area contributed by atoms with E-state index in [9.17, 15) is 22.8 Å². The van der Waals surface area contributed by atoms with Crippen LogP contribution in [0.2, 0.25) is 0 Å². The highest BCUT2D eigenvalue weighted by atomic mass is 19.4. The first-order valence-electron chi connectivity index (χ1n) is 7.61. The molecule has 0 fully saturated rings. The normalized spacial score (nSPS) is 16.0. The number of carbonyl (C=O) groups is 2. The molecule has 0 N–H and O–H groups in total. The lowest BCUT2D eigenvalue weighted by Crippen LogP contribution is -2.22. The Morgan fingerprint density at radius 3 is 2.32 bits per heavy atom. The highest BCUT2D eigenvalue weighted by Gasteiger charge is 2.42. The summed E-state index contributed by atoms with van der Waals surface area (Å²) in [5, 5.41) is 0. The van der Waals surface area contributed by atoms with Gasteiger partial charge in [0.2, 0.25) is 5.91 Å². The lowest BCUT2D eigenvalue weighted by Gasteiger charge is -2.14. The van der Waals surface area contributed by atoms with Gasteiger partial charge in [-0.25, -0.2) is 4.79 Å². The predicted octanol–water partition coefficient (Wildman–Crippen LogP) is 4.18. The van der Waals surface area contributed by atoms with Gasteiger partial charge in [0.05, 0.1) is 18.2 Å². The second-order valence-electron chi connectivity index (χ2n) is 6.67. The minimum Gasteiger partial charge on any atom is -0.465 e. The molecule has 0 spiro atoms. The lowest BCUT2D eigenvalue weighted by molar-refractivity contribution is -0.137. The second-order valence-corrected chi connectivity index (χ2v) is 6.67. The zero-order chi connectivity index (χ0) is 18.6. The van der Waals surface area contributed by atoms with Gasteiger partial charge in [-0.1, -0.05) is 26.0 Å². The third-order valence-corrected chi connectivity index (χ3v) is 4.43. The first-order chi connectivity index (χ1) is 11.6. The summed E-state index contributed by atoms with van der Waals surface area (Å²) in [6.45, 7) is 3.56. The molecule has 7 heteroatoms. The van der Waals surface area contributed by atoms with Crippen molar-refractivity contribution in [2.45, 2.75) is 26.4 Å². The van der Waals surface area contributed by atoms with Gasteiger partial charge in [-0.2, -0.15) is 13.2 Å². The van der Waals surface area contributed by atoms with Crippen LogP contribution in [0.25, 0.3) is 11.1 Å². The van der Waals surface area contributed by atoms with Crippen LogP contribution >= 0.6 is 0 Å². The molecule has 0 saturated heterocycles. The number of benzene rings is 1. The number of halogens is 3. The minimum absolute atomic E-state index is 0.161. The van der Waals surface area contributed by atoms with Crippen molar-refractivity contribution in [1.82, 2.24) is 4.57 Å². The summed E-state index contributed by atoms with van der Waals surface area (Å²) >= 11 is 0. The first kappa shape index (κ1) is 17.3. The third kappa shape index (κ3) is 2.73. The van der Waals surface area contributed by atoms with Crippen LogP contribution in [0, 0.1) is 5.41 Å². The van der Waals surface area contributed by atoms with Gasteiger partial charge in [0.1, 0.15) is 0 Å². The van der Waals surface area contributed by atoms with Crippen molar-refractivity contribution in [3.05, 3.63) is 47.3 Å². The number of alkyl halides is 3. The fourth-order valence-electron chi connectivity index (χ4n) is 3.11. The van der Waals surface area contributed by atoms with E-state index in [1.807, 2.05) is 0 Å². The maximum absolute atomic E-state index is 12.7. The summed E-state index contributed by atoms with van der Waals surface area (Å²) in [7, 11) is 1.23. The molecule has 0 bridgehead atoms. The Morgan fingerprint density at radius 2 is 1.80 bits per heavy atom. The van der Waals surface area contributed by atoms with E-state index in [-0.39, 0.29) is 11.5 Å². The molecule has 25 heavy (non-hydrogen) atoms. The Balaban J connectivity index is 2.14. The number of fused-ring (bicyclic) bond motifs is 1. The number of carbonyl (C=O) groups excluding carboxylic acids is 2. The van der Waals surface area contributed by atoms with Crippen molar-refractivity contribution in [3.63, 3.8) is 0 Å².